The molecule has 1 aliphatic rings. The summed E-state index contributed by atoms with van der Waals surface area (Å²) in [7, 11) is 0. The minimum atomic E-state index is -0.0933. The third kappa shape index (κ3) is 4.10. The van der Waals surface area contributed by atoms with E-state index in [4.69, 9.17) is 8.94 Å². The van der Waals surface area contributed by atoms with Gasteiger partial charge in [-0.1, -0.05) is 12.1 Å². The number of thiazole rings is 1. The second-order valence-corrected chi connectivity index (χ2v) is 8.41. The molecule has 154 valence electrons. The minimum absolute atomic E-state index is 0.0933. The van der Waals surface area contributed by atoms with Crippen molar-refractivity contribution in [2.24, 2.45) is 5.92 Å². The topological polar surface area (TPSA) is 107 Å². The summed E-state index contributed by atoms with van der Waals surface area (Å²) in [4.78, 5) is 17.7. The van der Waals surface area contributed by atoms with E-state index in [2.05, 4.69) is 25.7 Å². The fourth-order valence-corrected chi connectivity index (χ4v) is 4.61. The Morgan fingerprint density at radius 1 is 1.24 bits per heavy atom. The number of carbonyl (C=O) groups is 1. The monoisotopic (exact) mass is 415 g/mol. The SMILES string of the molecule is CCc1noc(C)c1C(=O)NCC1CCC(c2nnc(-c3scnc3C)o2)CC1. The molecule has 0 spiro atoms. The van der Waals surface area contributed by atoms with Crippen LogP contribution < -0.4 is 5.32 Å². The van der Waals surface area contributed by atoms with Crippen molar-refractivity contribution < 1.29 is 13.7 Å². The smallest absolute Gasteiger partial charge is 0.259 e. The summed E-state index contributed by atoms with van der Waals surface area (Å²) in [5.74, 6) is 2.49. The molecule has 0 atom stereocenters. The molecule has 0 unspecified atom stereocenters. The van der Waals surface area contributed by atoms with Crippen molar-refractivity contribution in [3.63, 3.8) is 0 Å². The van der Waals surface area contributed by atoms with E-state index in [-0.39, 0.29) is 11.8 Å². The summed E-state index contributed by atoms with van der Waals surface area (Å²) in [6.45, 7) is 6.35. The molecule has 4 rings (SSSR count). The summed E-state index contributed by atoms with van der Waals surface area (Å²) in [5.41, 5.74) is 4.00. The molecule has 3 aromatic rings. The Balaban J connectivity index is 1.30. The van der Waals surface area contributed by atoms with Gasteiger partial charge in [-0.25, -0.2) is 4.98 Å². The molecule has 0 saturated heterocycles. The Morgan fingerprint density at radius 3 is 2.72 bits per heavy atom. The maximum Gasteiger partial charge on any atom is 0.259 e. The molecule has 0 radical (unpaired) electrons. The van der Waals surface area contributed by atoms with E-state index in [1.54, 1.807) is 12.4 Å². The lowest BCUT2D eigenvalue weighted by Crippen LogP contribution is -2.31. The van der Waals surface area contributed by atoms with E-state index < -0.39 is 0 Å². The van der Waals surface area contributed by atoms with Crippen LogP contribution in [0.4, 0.5) is 0 Å². The molecule has 29 heavy (non-hydrogen) atoms. The number of rotatable bonds is 6. The summed E-state index contributed by atoms with van der Waals surface area (Å²) in [6, 6.07) is 0. The molecule has 0 aromatic carbocycles. The maximum atomic E-state index is 12.5. The lowest BCUT2D eigenvalue weighted by molar-refractivity contribution is 0.0940. The summed E-state index contributed by atoms with van der Waals surface area (Å²) in [5, 5.41) is 15.5. The second kappa shape index (κ2) is 8.44. The van der Waals surface area contributed by atoms with E-state index >= 15 is 0 Å². The highest BCUT2D eigenvalue weighted by Crippen LogP contribution is 2.36. The molecular formula is C20H25N5O3S. The largest absolute Gasteiger partial charge is 0.420 e. The Kier molecular flexibility index (Phi) is 5.75. The van der Waals surface area contributed by atoms with Crippen LogP contribution in [0.5, 0.6) is 0 Å². The average molecular weight is 416 g/mol. The maximum absolute atomic E-state index is 12.5. The van der Waals surface area contributed by atoms with Gasteiger partial charge in [-0.15, -0.1) is 21.5 Å². The van der Waals surface area contributed by atoms with Crippen molar-refractivity contribution in [2.45, 2.75) is 58.8 Å². The lowest BCUT2D eigenvalue weighted by Gasteiger charge is -2.26. The van der Waals surface area contributed by atoms with Gasteiger partial charge < -0.3 is 14.3 Å². The van der Waals surface area contributed by atoms with Gasteiger partial charge in [0.05, 0.1) is 16.9 Å². The van der Waals surface area contributed by atoms with Gasteiger partial charge >= 0.3 is 0 Å². The molecule has 0 bridgehead atoms. The Hall–Kier alpha value is -2.55. The average Bonchev–Trinajstić information content (AvgIpc) is 3.46. The predicted molar refractivity (Wildman–Crippen MR) is 108 cm³/mol. The number of nitrogens with one attached hydrogen (secondary N) is 1. The van der Waals surface area contributed by atoms with Crippen molar-refractivity contribution in [3.05, 3.63) is 34.1 Å². The molecule has 1 aliphatic carbocycles. The molecule has 8 nitrogen and oxygen atoms in total. The van der Waals surface area contributed by atoms with E-state index in [0.717, 1.165) is 36.3 Å². The molecule has 1 amide bonds. The van der Waals surface area contributed by atoms with E-state index in [1.807, 2.05) is 13.8 Å². The van der Waals surface area contributed by atoms with Crippen LogP contribution in [0.25, 0.3) is 10.8 Å². The number of carbonyl (C=O) groups excluding carboxylic acids is 1. The molecule has 0 aliphatic heterocycles. The lowest BCUT2D eigenvalue weighted by atomic mass is 9.82. The van der Waals surface area contributed by atoms with Crippen LogP contribution in [-0.4, -0.2) is 32.8 Å². The Bertz CT molecular complexity index is 984. The Labute approximate surface area is 173 Å². The highest BCUT2D eigenvalue weighted by Gasteiger charge is 2.28. The van der Waals surface area contributed by atoms with Gasteiger partial charge in [-0.05, 0) is 51.9 Å². The van der Waals surface area contributed by atoms with Gasteiger partial charge in [-0.3, -0.25) is 4.79 Å². The van der Waals surface area contributed by atoms with Crippen molar-refractivity contribution >= 4 is 17.2 Å². The van der Waals surface area contributed by atoms with Gasteiger partial charge in [0.1, 0.15) is 16.2 Å². The van der Waals surface area contributed by atoms with Crippen LogP contribution >= 0.6 is 11.3 Å². The predicted octanol–water partition coefficient (Wildman–Crippen LogP) is 4.06. The van der Waals surface area contributed by atoms with Gasteiger partial charge in [0.2, 0.25) is 5.89 Å². The fraction of sp³-hybridized carbons (Fsp3) is 0.550. The third-order valence-electron chi connectivity index (χ3n) is 5.62. The normalized spacial score (nSPS) is 19.4. The fourth-order valence-electron chi connectivity index (χ4n) is 3.89. The zero-order valence-corrected chi connectivity index (χ0v) is 17.7. The van der Waals surface area contributed by atoms with Gasteiger partial charge in [0, 0.05) is 12.5 Å². The first-order chi connectivity index (χ1) is 14.1. The number of amides is 1. The number of aromatic nitrogens is 4. The standard InChI is InChI=1S/C20H25N5O3S/c1-4-15-16(12(3)28-25-15)18(26)21-9-13-5-7-14(8-6-13)19-23-24-20(27-19)17-11(2)22-10-29-17/h10,13-14H,4-9H2,1-3H3,(H,21,26). The number of hydrogen-bond acceptors (Lipinski definition) is 8. The third-order valence-corrected chi connectivity index (χ3v) is 6.54. The molecule has 3 heterocycles. The van der Waals surface area contributed by atoms with Gasteiger partial charge in [0.15, 0.2) is 0 Å². The number of nitrogens with zero attached hydrogens (tertiary/aromatic N) is 4. The van der Waals surface area contributed by atoms with E-state index in [9.17, 15) is 4.79 Å². The highest BCUT2D eigenvalue weighted by molar-refractivity contribution is 7.13. The van der Waals surface area contributed by atoms with Crippen LogP contribution in [-0.2, 0) is 6.42 Å². The first-order valence-electron chi connectivity index (χ1n) is 10.0. The van der Waals surface area contributed by atoms with Crippen molar-refractivity contribution in [1.29, 1.82) is 0 Å². The second-order valence-electron chi connectivity index (χ2n) is 7.55. The van der Waals surface area contributed by atoms with Crippen LogP contribution in [0.2, 0.25) is 0 Å². The molecule has 1 fully saturated rings. The van der Waals surface area contributed by atoms with Crippen LogP contribution in [0.15, 0.2) is 14.5 Å². The molecule has 1 N–H and O–H groups in total. The van der Waals surface area contributed by atoms with Crippen LogP contribution in [0.3, 0.4) is 0 Å². The van der Waals surface area contributed by atoms with Crippen molar-refractivity contribution in [2.75, 3.05) is 6.54 Å². The number of hydrogen-bond donors (Lipinski definition) is 1. The summed E-state index contributed by atoms with van der Waals surface area (Å²) >= 11 is 1.52. The van der Waals surface area contributed by atoms with Crippen LogP contribution in [0, 0.1) is 19.8 Å². The van der Waals surface area contributed by atoms with E-state index in [1.165, 1.54) is 11.3 Å². The van der Waals surface area contributed by atoms with Crippen molar-refractivity contribution in [1.82, 2.24) is 25.7 Å². The zero-order valence-electron chi connectivity index (χ0n) is 16.9. The van der Waals surface area contributed by atoms with Crippen molar-refractivity contribution in [3.8, 4) is 10.8 Å². The Morgan fingerprint density at radius 2 is 2.03 bits per heavy atom. The number of aryl methyl sites for hydroxylation is 3. The summed E-state index contributed by atoms with van der Waals surface area (Å²) < 4.78 is 11.1. The van der Waals surface area contributed by atoms with Crippen LogP contribution in [0.1, 0.15) is 71.9 Å². The zero-order chi connectivity index (χ0) is 20.4. The molecular weight excluding hydrogens is 390 g/mol. The first kappa shape index (κ1) is 19.8. The highest BCUT2D eigenvalue weighted by atomic mass is 32.1. The minimum Gasteiger partial charge on any atom is -0.420 e. The van der Waals surface area contributed by atoms with Gasteiger partial charge in [0.25, 0.3) is 11.8 Å². The molecule has 3 aromatic heterocycles. The summed E-state index contributed by atoms with van der Waals surface area (Å²) in [6.07, 6.45) is 4.68. The first-order valence-corrected chi connectivity index (χ1v) is 10.9. The van der Waals surface area contributed by atoms with E-state index in [0.29, 0.717) is 47.7 Å². The van der Waals surface area contributed by atoms with Gasteiger partial charge in [-0.2, -0.15) is 0 Å². The molecule has 1 saturated carbocycles. The molecule has 9 heteroatoms. The quantitative estimate of drug-likeness (QED) is 0.647.